The molecule has 196 valence electrons. The number of rotatable bonds is 6. The van der Waals surface area contributed by atoms with Gasteiger partial charge in [-0.3, -0.25) is 9.88 Å². The summed E-state index contributed by atoms with van der Waals surface area (Å²) in [6.07, 6.45) is -2.64. The van der Waals surface area contributed by atoms with Crippen LogP contribution in [0.4, 0.5) is 13.2 Å². The van der Waals surface area contributed by atoms with Crippen molar-refractivity contribution in [2.45, 2.75) is 32.1 Å². The van der Waals surface area contributed by atoms with Crippen molar-refractivity contribution in [3.8, 4) is 5.69 Å². The molecule has 0 aliphatic carbocycles. The molecule has 37 heavy (non-hydrogen) atoms. The maximum absolute atomic E-state index is 13.4. The number of aryl methyl sites for hydroxylation is 1. The lowest BCUT2D eigenvalue weighted by Crippen LogP contribution is -2.42. The predicted octanol–water partition coefficient (Wildman–Crippen LogP) is 4.81. The molecule has 2 atom stereocenters. The Balaban J connectivity index is 1.53. The van der Waals surface area contributed by atoms with Crippen LogP contribution in [0.5, 0.6) is 0 Å². The number of morpholine rings is 1. The van der Waals surface area contributed by atoms with Crippen molar-refractivity contribution in [2.75, 3.05) is 39.4 Å². The topological polar surface area (TPSA) is 45.6 Å². The third kappa shape index (κ3) is 5.23. The number of pyridine rings is 1. The normalized spacial score (nSPS) is 20.9. The summed E-state index contributed by atoms with van der Waals surface area (Å²) in [5, 5.41) is 4.13. The summed E-state index contributed by atoms with van der Waals surface area (Å²) in [6, 6.07) is 13.0. The van der Waals surface area contributed by atoms with Gasteiger partial charge in [0.15, 0.2) is 5.11 Å². The lowest BCUT2D eigenvalue weighted by Gasteiger charge is -2.32. The third-order valence-electron chi connectivity index (χ3n) is 7.18. The minimum atomic E-state index is -4.41. The molecule has 2 saturated heterocycles. The van der Waals surface area contributed by atoms with Gasteiger partial charge in [-0.15, -0.1) is 0 Å². The average molecular weight is 530 g/mol. The van der Waals surface area contributed by atoms with Gasteiger partial charge in [0.2, 0.25) is 0 Å². The highest BCUT2D eigenvalue weighted by Crippen LogP contribution is 2.41. The molecule has 6 nitrogen and oxygen atoms in total. The highest BCUT2D eigenvalue weighted by Gasteiger charge is 2.41. The van der Waals surface area contributed by atoms with Crippen LogP contribution in [0.15, 0.2) is 54.7 Å². The van der Waals surface area contributed by atoms with Gasteiger partial charge in [0.05, 0.1) is 36.6 Å². The van der Waals surface area contributed by atoms with E-state index in [9.17, 15) is 13.2 Å². The van der Waals surface area contributed by atoms with Crippen LogP contribution in [0.2, 0.25) is 0 Å². The number of halogens is 3. The average Bonchev–Trinajstić information content (AvgIpc) is 3.37. The third-order valence-corrected chi connectivity index (χ3v) is 7.53. The molecule has 2 aromatic heterocycles. The van der Waals surface area contributed by atoms with Gasteiger partial charge < -0.3 is 19.5 Å². The smallest absolute Gasteiger partial charge is 0.379 e. The second-order valence-electron chi connectivity index (χ2n) is 9.48. The van der Waals surface area contributed by atoms with E-state index in [0.29, 0.717) is 17.3 Å². The molecule has 0 amide bonds. The Morgan fingerprint density at radius 1 is 1.05 bits per heavy atom. The summed E-state index contributed by atoms with van der Waals surface area (Å²) >= 11 is 5.81. The SMILES string of the molecule is Cc1cc([C@H]2[C@@H](c3ccccn3)NC(=S)N2CCN2CCOCC2)c(C)n1-c1cccc(C(F)(F)F)c1. The zero-order chi connectivity index (χ0) is 26.2. The number of nitrogens with one attached hydrogen (secondary N) is 1. The molecule has 0 saturated carbocycles. The van der Waals surface area contributed by atoms with Crippen molar-refractivity contribution in [1.29, 1.82) is 0 Å². The van der Waals surface area contributed by atoms with E-state index in [0.717, 1.165) is 61.6 Å². The van der Waals surface area contributed by atoms with Crippen molar-refractivity contribution in [2.24, 2.45) is 0 Å². The van der Waals surface area contributed by atoms with Crippen molar-refractivity contribution in [3.05, 3.63) is 82.9 Å². The summed E-state index contributed by atoms with van der Waals surface area (Å²) in [6.45, 7) is 8.64. The fourth-order valence-corrected chi connectivity index (χ4v) is 5.70. The van der Waals surface area contributed by atoms with Crippen molar-refractivity contribution >= 4 is 17.3 Å². The number of hydrogen-bond acceptors (Lipinski definition) is 4. The number of benzene rings is 1. The molecule has 0 radical (unpaired) electrons. The number of nitrogens with zero attached hydrogens (tertiary/aromatic N) is 4. The second kappa shape index (κ2) is 10.4. The van der Waals surface area contributed by atoms with Gasteiger partial charge in [0.25, 0.3) is 0 Å². The van der Waals surface area contributed by atoms with Crippen molar-refractivity contribution in [1.82, 2.24) is 24.7 Å². The first kappa shape index (κ1) is 25.7. The fraction of sp³-hybridized carbons (Fsp3) is 0.407. The monoisotopic (exact) mass is 529 g/mol. The van der Waals surface area contributed by atoms with E-state index in [4.69, 9.17) is 17.0 Å². The molecule has 3 aromatic rings. The Morgan fingerprint density at radius 3 is 2.54 bits per heavy atom. The Hall–Kier alpha value is -2.95. The standard InChI is InChI=1S/C27H30F3N5OS/c1-18-16-22(19(2)35(18)21-7-5-6-20(17-21)27(28,29)30)25-24(23-8-3-4-9-31-23)32-26(37)34(25)11-10-33-12-14-36-15-13-33/h3-9,16-17,24-25H,10-15H2,1-2H3,(H,32,37)/t24-,25+/m1/s1. The molecule has 1 aromatic carbocycles. The van der Waals surface area contributed by atoms with E-state index in [1.54, 1.807) is 12.3 Å². The number of hydrogen-bond donors (Lipinski definition) is 1. The van der Waals surface area contributed by atoms with Gasteiger partial charge in [-0.1, -0.05) is 12.1 Å². The van der Waals surface area contributed by atoms with Crippen molar-refractivity contribution in [3.63, 3.8) is 0 Å². The fourth-order valence-electron chi connectivity index (χ4n) is 5.36. The van der Waals surface area contributed by atoms with Crippen LogP contribution >= 0.6 is 12.2 Å². The first-order valence-corrected chi connectivity index (χ1v) is 12.8. The molecule has 5 rings (SSSR count). The van der Waals surface area contributed by atoms with E-state index in [-0.39, 0.29) is 12.1 Å². The molecular formula is C27H30F3N5OS. The summed E-state index contributed by atoms with van der Waals surface area (Å²) in [4.78, 5) is 9.16. The Labute approximate surface area is 220 Å². The molecule has 0 spiro atoms. The van der Waals surface area contributed by atoms with Crippen LogP contribution in [-0.4, -0.2) is 63.9 Å². The zero-order valence-electron chi connectivity index (χ0n) is 20.8. The Kier molecular flexibility index (Phi) is 7.24. The molecule has 2 aliphatic heterocycles. The maximum atomic E-state index is 13.4. The molecule has 10 heteroatoms. The maximum Gasteiger partial charge on any atom is 0.416 e. The van der Waals surface area contributed by atoms with Gasteiger partial charge in [-0.2, -0.15) is 13.2 Å². The molecule has 1 N–H and O–H groups in total. The molecular weight excluding hydrogens is 499 g/mol. The Morgan fingerprint density at radius 2 is 1.84 bits per heavy atom. The highest BCUT2D eigenvalue weighted by molar-refractivity contribution is 7.80. The lowest BCUT2D eigenvalue weighted by molar-refractivity contribution is -0.137. The van der Waals surface area contributed by atoms with Crippen LogP contribution in [0.3, 0.4) is 0 Å². The van der Waals surface area contributed by atoms with E-state index < -0.39 is 11.7 Å². The summed E-state index contributed by atoms with van der Waals surface area (Å²) in [5.41, 5.74) is 3.44. The number of thiocarbonyl (C=S) groups is 1. The molecule has 0 bridgehead atoms. The largest absolute Gasteiger partial charge is 0.416 e. The van der Waals surface area contributed by atoms with Gasteiger partial charge in [-0.05, 0) is 68.0 Å². The summed E-state index contributed by atoms with van der Waals surface area (Å²) in [5.74, 6) is 0. The van der Waals surface area contributed by atoms with Crippen molar-refractivity contribution < 1.29 is 17.9 Å². The number of alkyl halides is 3. The lowest BCUT2D eigenvalue weighted by atomic mass is 9.96. The van der Waals surface area contributed by atoms with E-state index in [1.807, 2.05) is 36.6 Å². The summed E-state index contributed by atoms with van der Waals surface area (Å²) < 4.78 is 47.7. The number of aromatic nitrogens is 2. The van der Waals surface area contributed by atoms with Crippen LogP contribution in [-0.2, 0) is 10.9 Å². The Bertz CT molecular complexity index is 1260. The first-order valence-electron chi connectivity index (χ1n) is 12.4. The molecule has 4 heterocycles. The zero-order valence-corrected chi connectivity index (χ0v) is 21.6. The molecule has 2 fully saturated rings. The van der Waals surface area contributed by atoms with E-state index in [1.165, 1.54) is 12.1 Å². The first-order chi connectivity index (χ1) is 17.7. The molecule has 0 unspecified atom stereocenters. The van der Waals surface area contributed by atoms with Gasteiger partial charge in [-0.25, -0.2) is 0 Å². The predicted molar refractivity (Wildman–Crippen MR) is 140 cm³/mol. The minimum Gasteiger partial charge on any atom is -0.379 e. The van der Waals surface area contributed by atoms with Crippen LogP contribution in [0, 0.1) is 13.8 Å². The van der Waals surface area contributed by atoms with Gasteiger partial charge in [0.1, 0.15) is 0 Å². The van der Waals surface area contributed by atoms with Crippen LogP contribution in [0.25, 0.3) is 5.69 Å². The summed E-state index contributed by atoms with van der Waals surface area (Å²) in [7, 11) is 0. The van der Waals surface area contributed by atoms with Crippen LogP contribution < -0.4 is 5.32 Å². The molecule has 2 aliphatic rings. The van der Waals surface area contributed by atoms with E-state index in [2.05, 4.69) is 26.2 Å². The second-order valence-corrected chi connectivity index (χ2v) is 9.87. The highest BCUT2D eigenvalue weighted by atomic mass is 32.1. The van der Waals surface area contributed by atoms with E-state index >= 15 is 0 Å². The van der Waals surface area contributed by atoms with Gasteiger partial charge >= 0.3 is 6.18 Å². The quantitative estimate of drug-likeness (QED) is 0.463. The van der Waals surface area contributed by atoms with Crippen LogP contribution in [0.1, 0.15) is 40.3 Å². The number of ether oxygens (including phenoxy) is 1. The van der Waals surface area contributed by atoms with Gasteiger partial charge in [0, 0.05) is 49.5 Å². The minimum absolute atomic E-state index is 0.158.